The number of carbonyl (C=O) groups is 1. The first-order chi connectivity index (χ1) is 13.4. The maximum Gasteiger partial charge on any atom is 0.262 e. The van der Waals surface area contributed by atoms with Crippen LogP contribution in [0.4, 0.5) is 0 Å². The van der Waals surface area contributed by atoms with E-state index >= 15 is 0 Å². The van der Waals surface area contributed by atoms with Gasteiger partial charge in [0.2, 0.25) is 0 Å². The van der Waals surface area contributed by atoms with Crippen molar-refractivity contribution in [3.63, 3.8) is 0 Å². The first-order valence-corrected chi connectivity index (χ1v) is 9.03. The molecule has 6 nitrogen and oxygen atoms in total. The van der Waals surface area contributed by atoms with Gasteiger partial charge in [0.15, 0.2) is 0 Å². The number of nitrogens with zero attached hydrogens (tertiary/aromatic N) is 3. The number of benzene rings is 1. The highest BCUT2D eigenvalue weighted by atomic mass is 35.5. The number of rotatable bonds is 5. The largest absolute Gasteiger partial charge is 0.467 e. The van der Waals surface area contributed by atoms with Gasteiger partial charge in [-0.15, -0.1) is 0 Å². The molecule has 1 amide bonds. The molecule has 28 heavy (non-hydrogen) atoms. The van der Waals surface area contributed by atoms with Gasteiger partial charge in [0, 0.05) is 5.56 Å². The van der Waals surface area contributed by atoms with Crippen LogP contribution in [0.3, 0.4) is 0 Å². The van der Waals surface area contributed by atoms with Crippen LogP contribution >= 0.6 is 11.6 Å². The van der Waals surface area contributed by atoms with Crippen LogP contribution in [0.15, 0.2) is 46.6 Å². The van der Waals surface area contributed by atoms with Crippen molar-refractivity contribution >= 4 is 23.6 Å². The summed E-state index contributed by atoms with van der Waals surface area (Å²) in [6, 6.07) is 11.4. The molecule has 0 fully saturated rings. The van der Waals surface area contributed by atoms with E-state index in [4.69, 9.17) is 16.0 Å². The van der Waals surface area contributed by atoms with E-state index in [1.54, 1.807) is 23.7 Å². The van der Waals surface area contributed by atoms with E-state index in [0.717, 1.165) is 16.8 Å². The molecule has 0 spiro atoms. The number of aryl methyl sites for hydroxylation is 3. The molecule has 0 unspecified atom stereocenters. The van der Waals surface area contributed by atoms with Crippen LogP contribution in [0.1, 0.15) is 28.1 Å². The standard InChI is InChI=1S/C21H19ClN4O2/c1-13-6-7-14(2)19(9-13)26-20(22)18(15(3)25-26)10-16(11-23)21(27)24-12-17-5-4-8-28-17/h4-10H,12H2,1-3H3,(H,24,27)/b16-10+. The first-order valence-electron chi connectivity index (χ1n) is 8.66. The summed E-state index contributed by atoms with van der Waals surface area (Å²) in [6.45, 7) is 5.94. The minimum Gasteiger partial charge on any atom is -0.467 e. The van der Waals surface area contributed by atoms with Gasteiger partial charge in [0.1, 0.15) is 22.6 Å². The van der Waals surface area contributed by atoms with Gasteiger partial charge in [-0.1, -0.05) is 23.7 Å². The number of hydrogen-bond donors (Lipinski definition) is 1. The smallest absolute Gasteiger partial charge is 0.262 e. The molecule has 1 N–H and O–H groups in total. The fourth-order valence-corrected chi connectivity index (χ4v) is 3.07. The van der Waals surface area contributed by atoms with Crippen LogP contribution < -0.4 is 5.32 Å². The minimum atomic E-state index is -0.506. The molecule has 0 atom stereocenters. The van der Waals surface area contributed by atoms with Crippen molar-refractivity contribution in [3.8, 4) is 11.8 Å². The average Bonchev–Trinajstić information content (AvgIpc) is 3.29. The summed E-state index contributed by atoms with van der Waals surface area (Å²) in [7, 11) is 0. The molecule has 0 radical (unpaired) electrons. The van der Waals surface area contributed by atoms with Crippen molar-refractivity contribution in [1.29, 1.82) is 5.26 Å². The van der Waals surface area contributed by atoms with E-state index in [-0.39, 0.29) is 12.1 Å². The molecule has 0 saturated heterocycles. The lowest BCUT2D eigenvalue weighted by atomic mass is 10.1. The monoisotopic (exact) mass is 394 g/mol. The van der Waals surface area contributed by atoms with E-state index < -0.39 is 5.91 Å². The van der Waals surface area contributed by atoms with Gasteiger partial charge in [-0.3, -0.25) is 4.79 Å². The zero-order chi connectivity index (χ0) is 20.3. The van der Waals surface area contributed by atoms with Crippen LogP contribution in [0.2, 0.25) is 5.15 Å². The molecule has 0 bridgehead atoms. The Kier molecular flexibility index (Phi) is 5.67. The molecule has 0 saturated carbocycles. The third kappa shape index (κ3) is 4.00. The van der Waals surface area contributed by atoms with Crippen molar-refractivity contribution in [2.75, 3.05) is 0 Å². The predicted octanol–water partition coefficient (Wildman–Crippen LogP) is 4.27. The van der Waals surface area contributed by atoms with Crippen molar-refractivity contribution in [2.24, 2.45) is 0 Å². The third-order valence-corrected chi connectivity index (χ3v) is 4.66. The van der Waals surface area contributed by atoms with Gasteiger partial charge in [0.25, 0.3) is 5.91 Å². The number of hydrogen-bond acceptors (Lipinski definition) is 4. The van der Waals surface area contributed by atoms with Gasteiger partial charge in [-0.2, -0.15) is 10.4 Å². The fraction of sp³-hybridized carbons (Fsp3) is 0.190. The number of nitrogens with one attached hydrogen (secondary N) is 1. The molecular formula is C21H19ClN4O2. The zero-order valence-electron chi connectivity index (χ0n) is 15.8. The predicted molar refractivity (Wildman–Crippen MR) is 107 cm³/mol. The highest BCUT2D eigenvalue weighted by molar-refractivity contribution is 6.31. The second-order valence-electron chi connectivity index (χ2n) is 6.42. The molecule has 0 aliphatic rings. The van der Waals surface area contributed by atoms with Crippen LogP contribution in [-0.2, 0) is 11.3 Å². The molecule has 2 heterocycles. The Morgan fingerprint density at radius 3 is 2.82 bits per heavy atom. The highest BCUT2D eigenvalue weighted by Crippen LogP contribution is 2.27. The van der Waals surface area contributed by atoms with E-state index in [1.165, 1.54) is 12.3 Å². The summed E-state index contributed by atoms with van der Waals surface area (Å²) in [5, 5.41) is 16.9. The lowest BCUT2D eigenvalue weighted by molar-refractivity contribution is -0.117. The molecule has 0 aliphatic heterocycles. The van der Waals surface area contributed by atoms with Crippen molar-refractivity contribution < 1.29 is 9.21 Å². The molecule has 2 aromatic heterocycles. The Labute approximate surface area is 168 Å². The topological polar surface area (TPSA) is 83.8 Å². The van der Waals surface area contributed by atoms with E-state index in [1.807, 2.05) is 38.1 Å². The van der Waals surface area contributed by atoms with Gasteiger partial charge >= 0.3 is 0 Å². The van der Waals surface area contributed by atoms with E-state index in [2.05, 4.69) is 10.4 Å². The first kappa shape index (κ1) is 19.5. The van der Waals surface area contributed by atoms with Crippen molar-refractivity contribution in [1.82, 2.24) is 15.1 Å². The number of nitriles is 1. The molecule has 7 heteroatoms. The minimum absolute atomic E-state index is 0.0583. The molecule has 142 valence electrons. The lowest BCUT2D eigenvalue weighted by Gasteiger charge is -2.08. The number of amides is 1. The van der Waals surface area contributed by atoms with Crippen molar-refractivity contribution in [3.05, 3.63) is 75.5 Å². The average molecular weight is 395 g/mol. The number of carbonyl (C=O) groups excluding carboxylic acids is 1. The lowest BCUT2D eigenvalue weighted by Crippen LogP contribution is -2.23. The summed E-state index contributed by atoms with van der Waals surface area (Å²) in [5.74, 6) is 0.0939. The molecule has 3 aromatic rings. The maximum absolute atomic E-state index is 12.4. The van der Waals surface area contributed by atoms with Gasteiger partial charge in [-0.05, 0) is 56.2 Å². The van der Waals surface area contributed by atoms with Gasteiger partial charge < -0.3 is 9.73 Å². The molecular weight excluding hydrogens is 376 g/mol. The molecule has 0 aliphatic carbocycles. The maximum atomic E-state index is 12.4. The van der Waals surface area contributed by atoms with Crippen molar-refractivity contribution in [2.45, 2.75) is 27.3 Å². The Hall–Kier alpha value is -3.30. The normalized spacial score (nSPS) is 11.3. The molecule has 1 aromatic carbocycles. The SMILES string of the molecule is Cc1ccc(C)c(-n2nc(C)c(/C=C(\C#N)C(=O)NCc3ccco3)c2Cl)c1. The fourth-order valence-electron chi connectivity index (χ4n) is 2.75. The summed E-state index contributed by atoms with van der Waals surface area (Å²) >= 11 is 6.55. The Bertz CT molecular complexity index is 1090. The van der Waals surface area contributed by atoms with Crippen LogP contribution in [-0.4, -0.2) is 15.7 Å². The quantitative estimate of drug-likeness (QED) is 0.517. The van der Waals surface area contributed by atoms with E-state index in [0.29, 0.717) is 22.2 Å². The number of halogens is 1. The van der Waals surface area contributed by atoms with E-state index in [9.17, 15) is 10.1 Å². The zero-order valence-corrected chi connectivity index (χ0v) is 16.5. The van der Waals surface area contributed by atoms with Gasteiger partial charge in [-0.25, -0.2) is 4.68 Å². The summed E-state index contributed by atoms with van der Waals surface area (Å²) in [5.41, 5.74) is 4.05. The highest BCUT2D eigenvalue weighted by Gasteiger charge is 2.17. The Morgan fingerprint density at radius 2 is 2.14 bits per heavy atom. The van der Waals surface area contributed by atoms with Crippen LogP contribution in [0.25, 0.3) is 11.8 Å². The summed E-state index contributed by atoms with van der Waals surface area (Å²) in [6.07, 6.45) is 2.98. The number of aromatic nitrogens is 2. The summed E-state index contributed by atoms with van der Waals surface area (Å²) in [4.78, 5) is 12.4. The third-order valence-electron chi connectivity index (χ3n) is 4.30. The number of furan rings is 1. The van der Waals surface area contributed by atoms with Crippen LogP contribution in [0, 0.1) is 32.1 Å². The van der Waals surface area contributed by atoms with Crippen LogP contribution in [0.5, 0.6) is 0 Å². The summed E-state index contributed by atoms with van der Waals surface area (Å²) < 4.78 is 6.80. The Morgan fingerprint density at radius 1 is 1.36 bits per heavy atom. The molecule has 3 rings (SSSR count). The second kappa shape index (κ2) is 8.15. The van der Waals surface area contributed by atoms with Gasteiger partial charge in [0.05, 0.1) is 24.2 Å². The Balaban J connectivity index is 1.92. The second-order valence-corrected chi connectivity index (χ2v) is 6.78.